The summed E-state index contributed by atoms with van der Waals surface area (Å²) in [6.07, 6.45) is 1.43. The first kappa shape index (κ1) is 23.2. The number of nitriles is 1. The molecule has 0 spiro atoms. The smallest absolute Gasteiger partial charge is 0.269 e. The maximum Gasteiger partial charge on any atom is 0.269 e. The van der Waals surface area contributed by atoms with Crippen LogP contribution in [0, 0.1) is 21.4 Å². The second-order valence-corrected chi connectivity index (χ2v) is 8.36. The summed E-state index contributed by atoms with van der Waals surface area (Å²) in [7, 11) is 0. The summed E-state index contributed by atoms with van der Waals surface area (Å²) in [4.78, 5) is 23.1. The molecule has 1 N–H and O–H groups in total. The number of amides is 1. The Kier molecular flexibility index (Phi) is 7.76. The van der Waals surface area contributed by atoms with Crippen LogP contribution in [-0.2, 0) is 11.4 Å². The van der Waals surface area contributed by atoms with Crippen molar-refractivity contribution >= 4 is 55.2 Å². The van der Waals surface area contributed by atoms with Crippen molar-refractivity contribution in [3.63, 3.8) is 0 Å². The topological polar surface area (TPSA) is 105 Å². The van der Waals surface area contributed by atoms with Gasteiger partial charge < -0.3 is 10.1 Å². The summed E-state index contributed by atoms with van der Waals surface area (Å²) in [5.41, 5.74) is 1.54. The largest absolute Gasteiger partial charge is 0.488 e. The van der Waals surface area contributed by atoms with E-state index in [0.717, 1.165) is 8.95 Å². The lowest BCUT2D eigenvalue weighted by Crippen LogP contribution is -2.13. The fourth-order valence-corrected chi connectivity index (χ4v) is 3.36. The maximum atomic E-state index is 12.6. The Bertz CT molecular complexity index is 1230. The molecule has 160 valence electrons. The number of rotatable bonds is 7. The van der Waals surface area contributed by atoms with Crippen molar-refractivity contribution in [3.05, 3.63) is 102 Å². The molecule has 0 saturated heterocycles. The third-order valence-electron chi connectivity index (χ3n) is 4.25. The van der Waals surface area contributed by atoms with Crippen LogP contribution >= 0.6 is 31.9 Å². The van der Waals surface area contributed by atoms with Gasteiger partial charge in [-0.25, -0.2) is 0 Å². The molecule has 1 amide bonds. The second kappa shape index (κ2) is 10.7. The van der Waals surface area contributed by atoms with E-state index in [1.54, 1.807) is 54.6 Å². The molecule has 0 aliphatic carbocycles. The lowest BCUT2D eigenvalue weighted by atomic mass is 10.1. The summed E-state index contributed by atoms with van der Waals surface area (Å²) in [5, 5.41) is 23.2. The van der Waals surface area contributed by atoms with Gasteiger partial charge in [-0.3, -0.25) is 14.9 Å². The number of ether oxygens (including phenoxy) is 1. The lowest BCUT2D eigenvalue weighted by molar-refractivity contribution is -0.384. The number of hydrogen-bond donors (Lipinski definition) is 1. The van der Waals surface area contributed by atoms with Crippen LogP contribution in [-0.4, -0.2) is 10.8 Å². The van der Waals surface area contributed by atoms with Crippen molar-refractivity contribution < 1.29 is 14.5 Å². The number of benzene rings is 3. The number of nitrogens with one attached hydrogen (secondary N) is 1. The Labute approximate surface area is 200 Å². The molecule has 0 saturated carbocycles. The molecule has 0 atom stereocenters. The highest BCUT2D eigenvalue weighted by Gasteiger charge is 2.13. The average molecular weight is 557 g/mol. The zero-order chi connectivity index (χ0) is 23.1. The van der Waals surface area contributed by atoms with Crippen molar-refractivity contribution in [1.82, 2.24) is 0 Å². The first-order valence-electron chi connectivity index (χ1n) is 9.20. The number of nitro groups is 1. The zero-order valence-electron chi connectivity index (χ0n) is 16.4. The van der Waals surface area contributed by atoms with Gasteiger partial charge >= 0.3 is 0 Å². The van der Waals surface area contributed by atoms with Crippen LogP contribution in [0.2, 0.25) is 0 Å². The van der Waals surface area contributed by atoms with Crippen LogP contribution in [0.4, 0.5) is 11.4 Å². The molecule has 0 aliphatic heterocycles. The first-order chi connectivity index (χ1) is 15.4. The molecule has 0 aromatic heterocycles. The van der Waals surface area contributed by atoms with Gasteiger partial charge in [0.2, 0.25) is 0 Å². The Morgan fingerprint density at radius 3 is 2.50 bits per heavy atom. The third-order valence-corrected chi connectivity index (χ3v) is 5.28. The molecular formula is C23H15Br2N3O4. The van der Waals surface area contributed by atoms with E-state index in [-0.39, 0.29) is 17.9 Å². The van der Waals surface area contributed by atoms with Gasteiger partial charge in [0.25, 0.3) is 11.6 Å². The predicted molar refractivity (Wildman–Crippen MR) is 128 cm³/mol. The van der Waals surface area contributed by atoms with Gasteiger partial charge in [0.15, 0.2) is 0 Å². The molecule has 0 unspecified atom stereocenters. The Morgan fingerprint density at radius 1 is 1.09 bits per heavy atom. The van der Waals surface area contributed by atoms with Gasteiger partial charge in [0.05, 0.1) is 4.92 Å². The number of halogens is 2. The third kappa shape index (κ3) is 6.26. The van der Waals surface area contributed by atoms with Crippen LogP contribution < -0.4 is 10.1 Å². The van der Waals surface area contributed by atoms with Gasteiger partial charge in [-0.05, 0) is 54.1 Å². The molecule has 7 nitrogen and oxygen atoms in total. The molecule has 3 rings (SSSR count). The van der Waals surface area contributed by atoms with E-state index in [9.17, 15) is 20.2 Å². The summed E-state index contributed by atoms with van der Waals surface area (Å²) >= 11 is 6.71. The number of nitro benzene ring substituents is 1. The van der Waals surface area contributed by atoms with Gasteiger partial charge in [-0.2, -0.15) is 5.26 Å². The quantitative estimate of drug-likeness (QED) is 0.160. The standard InChI is InChI=1S/C23H15Br2N3O4/c24-18-4-7-20(8-5-18)27-23(29)17(13-26)11-16-12-19(25)6-9-22(16)32-14-15-2-1-3-21(10-15)28(30)31/h1-12H,14H2,(H,27,29)/b17-11+. The molecular weight excluding hydrogens is 542 g/mol. The Hall–Kier alpha value is -3.48. The molecule has 0 heterocycles. The highest BCUT2D eigenvalue weighted by molar-refractivity contribution is 9.10. The molecule has 0 aliphatic rings. The number of anilines is 1. The van der Waals surface area contributed by atoms with Crippen molar-refractivity contribution in [1.29, 1.82) is 5.26 Å². The first-order valence-corrected chi connectivity index (χ1v) is 10.8. The van der Waals surface area contributed by atoms with Gasteiger partial charge in [-0.15, -0.1) is 0 Å². The maximum absolute atomic E-state index is 12.6. The molecule has 9 heteroatoms. The number of nitrogens with zero attached hydrogens (tertiary/aromatic N) is 2. The van der Waals surface area contributed by atoms with Crippen LogP contribution in [0.1, 0.15) is 11.1 Å². The highest BCUT2D eigenvalue weighted by atomic mass is 79.9. The molecule has 32 heavy (non-hydrogen) atoms. The van der Waals surface area contributed by atoms with Gasteiger partial charge in [0.1, 0.15) is 24.0 Å². The number of carbonyl (C=O) groups excluding carboxylic acids is 1. The highest BCUT2D eigenvalue weighted by Crippen LogP contribution is 2.27. The molecule has 0 fully saturated rings. The second-order valence-electron chi connectivity index (χ2n) is 6.53. The molecule has 0 radical (unpaired) electrons. The van der Waals surface area contributed by atoms with Crippen LogP contribution in [0.5, 0.6) is 5.75 Å². The number of carbonyl (C=O) groups is 1. The number of hydrogen-bond acceptors (Lipinski definition) is 5. The van der Waals surface area contributed by atoms with Crippen molar-refractivity contribution in [2.75, 3.05) is 5.32 Å². The predicted octanol–water partition coefficient (Wildman–Crippen LogP) is 6.24. The lowest BCUT2D eigenvalue weighted by Gasteiger charge is -2.11. The van der Waals surface area contributed by atoms with Gasteiger partial charge in [0, 0.05) is 32.3 Å². The van der Waals surface area contributed by atoms with E-state index in [0.29, 0.717) is 22.6 Å². The SMILES string of the molecule is N#C/C(=C\c1cc(Br)ccc1OCc1cccc([N+](=O)[O-])c1)C(=O)Nc1ccc(Br)cc1. The normalized spacial score (nSPS) is 10.8. The van der Waals surface area contributed by atoms with E-state index in [1.165, 1.54) is 18.2 Å². The van der Waals surface area contributed by atoms with Gasteiger partial charge in [-0.1, -0.05) is 44.0 Å². The zero-order valence-corrected chi connectivity index (χ0v) is 19.6. The van der Waals surface area contributed by atoms with E-state index < -0.39 is 10.8 Å². The summed E-state index contributed by atoms with van der Waals surface area (Å²) in [6, 6.07) is 20.2. The minimum absolute atomic E-state index is 0.0293. The van der Waals surface area contributed by atoms with Crippen LogP contribution in [0.15, 0.2) is 81.2 Å². The van der Waals surface area contributed by atoms with Crippen molar-refractivity contribution in [3.8, 4) is 11.8 Å². The number of non-ortho nitro benzene ring substituents is 1. The molecule has 3 aromatic rings. The Balaban J connectivity index is 1.82. The molecule has 0 bridgehead atoms. The minimum Gasteiger partial charge on any atom is -0.488 e. The van der Waals surface area contributed by atoms with Crippen LogP contribution in [0.25, 0.3) is 6.08 Å². The van der Waals surface area contributed by atoms with E-state index in [1.807, 2.05) is 6.07 Å². The average Bonchev–Trinajstić information content (AvgIpc) is 2.78. The van der Waals surface area contributed by atoms with E-state index >= 15 is 0 Å². The summed E-state index contributed by atoms with van der Waals surface area (Å²) in [6.45, 7) is 0.0805. The van der Waals surface area contributed by atoms with E-state index in [2.05, 4.69) is 37.2 Å². The van der Waals surface area contributed by atoms with Crippen molar-refractivity contribution in [2.45, 2.75) is 6.61 Å². The summed E-state index contributed by atoms with van der Waals surface area (Å²) < 4.78 is 7.44. The Morgan fingerprint density at radius 2 is 1.81 bits per heavy atom. The minimum atomic E-state index is -0.556. The van der Waals surface area contributed by atoms with Crippen molar-refractivity contribution in [2.24, 2.45) is 0 Å². The summed E-state index contributed by atoms with van der Waals surface area (Å²) in [5.74, 6) is -0.136. The van der Waals surface area contributed by atoms with Crippen LogP contribution in [0.3, 0.4) is 0 Å². The molecule has 3 aromatic carbocycles. The van der Waals surface area contributed by atoms with E-state index in [4.69, 9.17) is 4.74 Å². The fraction of sp³-hybridized carbons (Fsp3) is 0.0435. The monoisotopic (exact) mass is 555 g/mol. The fourth-order valence-electron chi connectivity index (χ4n) is 2.72.